The van der Waals surface area contributed by atoms with Gasteiger partial charge in [0.1, 0.15) is 6.61 Å². The van der Waals surface area contributed by atoms with E-state index in [9.17, 15) is 14.7 Å². The molecule has 0 rings (SSSR count). The normalized spacial score (nSPS) is 13.4. The van der Waals surface area contributed by atoms with Crippen molar-refractivity contribution in [3.63, 3.8) is 0 Å². The van der Waals surface area contributed by atoms with Gasteiger partial charge in [0, 0.05) is 12.8 Å². The molecule has 0 aliphatic rings. The third-order valence-electron chi connectivity index (χ3n) is 14.9. The van der Waals surface area contributed by atoms with Gasteiger partial charge in [0.15, 0.2) is 6.10 Å². The summed E-state index contributed by atoms with van der Waals surface area (Å²) in [5.74, 6) is -0.624. The highest BCUT2D eigenvalue weighted by Crippen LogP contribution is 2.16. The summed E-state index contributed by atoms with van der Waals surface area (Å²) in [6.45, 7) is 3.90. The van der Waals surface area contributed by atoms with Crippen molar-refractivity contribution in [3.8, 4) is 0 Å². The molecular weight excluding hydrogens is 1080 g/mol. The fourth-order valence-corrected chi connectivity index (χ4v) is 9.59. The van der Waals surface area contributed by atoms with Crippen molar-refractivity contribution < 1.29 is 24.2 Å². The summed E-state index contributed by atoms with van der Waals surface area (Å²) in [4.78, 5) is 24.7. The van der Waals surface area contributed by atoms with E-state index in [1.54, 1.807) is 0 Å². The minimum Gasteiger partial charge on any atom is -0.462 e. The molecule has 0 bridgehead atoms. The molecule has 0 aliphatic carbocycles. The second kappa shape index (κ2) is 76.0. The number of hydrogen-bond donors (Lipinski definition) is 1. The van der Waals surface area contributed by atoms with Crippen LogP contribution in [0.15, 0.2) is 194 Å². The number of ether oxygens (including phenoxy) is 2. The smallest absolute Gasteiger partial charge is 0.306 e. The summed E-state index contributed by atoms with van der Waals surface area (Å²) in [7, 11) is 0. The van der Waals surface area contributed by atoms with Crippen LogP contribution in [0.25, 0.3) is 0 Å². The molecule has 0 aromatic rings. The molecule has 0 heterocycles. The number of allylic oxidation sites excluding steroid dienone is 32. The van der Waals surface area contributed by atoms with Crippen molar-refractivity contribution in [3.05, 3.63) is 194 Å². The summed E-state index contributed by atoms with van der Waals surface area (Å²) in [5.41, 5.74) is 0. The lowest BCUT2D eigenvalue weighted by Gasteiger charge is -2.15. The number of hydrogen-bond acceptors (Lipinski definition) is 5. The predicted molar refractivity (Wildman–Crippen MR) is 389 cm³/mol. The second-order valence-corrected chi connectivity index (χ2v) is 23.2. The lowest BCUT2D eigenvalue weighted by molar-refractivity contribution is -0.161. The largest absolute Gasteiger partial charge is 0.462 e. The first-order chi connectivity index (χ1) is 43.6. The Bertz CT molecular complexity index is 2000. The van der Waals surface area contributed by atoms with Gasteiger partial charge in [-0.3, -0.25) is 9.59 Å². The van der Waals surface area contributed by atoms with Crippen molar-refractivity contribution >= 4 is 11.9 Å². The van der Waals surface area contributed by atoms with Gasteiger partial charge in [0.25, 0.3) is 0 Å². The van der Waals surface area contributed by atoms with Gasteiger partial charge in [0.2, 0.25) is 0 Å². The standard InChI is InChI=1S/C83H132O5/c1-3-5-7-9-11-13-15-17-19-21-23-25-27-29-31-33-35-37-38-39-40-41-42-43-44-46-48-50-52-54-56-58-60-62-64-66-68-70-72-74-76-78-83(86)88-81(79-84)80-87-82(85)77-75-73-71-69-67-65-63-61-59-57-55-53-51-49-47-45-36-34-32-30-28-26-24-22-20-18-16-14-12-10-8-6-4-2/h5-8,11-14,17-20,23-26,29,31,35,37,39-40,42-43,46,48,52,54,58,60,64,66,81,84H,3-4,9-10,15-16,21-22,27-28,30,32-34,36,38,41,44-45,47,49-51,53,55-57,59,61-63,65,67-80H2,1-2H3/b7-5-,8-6-,13-11-,14-12-,19-17-,20-18-,25-23-,26-24-,31-29-,37-35-,40-39-,43-42-,48-46-,54-52-,60-58-,66-64-. The van der Waals surface area contributed by atoms with Crippen LogP contribution >= 0.6 is 0 Å². The molecule has 494 valence electrons. The molecule has 0 aromatic heterocycles. The Morgan fingerprint density at radius 1 is 0.261 bits per heavy atom. The van der Waals surface area contributed by atoms with Crippen LogP contribution in [0.2, 0.25) is 0 Å². The SMILES string of the molecule is CC/C=C\C/C=C\C/C=C\C/C=C\C/C=C\C/C=C\C/C=C\C/C=C\C/C=C\C/C=C\C/C=C\C/C=C\CCCCCCC(=O)OC(CO)COC(=O)CCCCCCCCCCCCCCCCCCCCCC/C=C\C/C=C\C/C=C\C/C=C\CC. The zero-order chi connectivity index (χ0) is 63.3. The molecule has 0 saturated heterocycles. The Kier molecular flexibility index (Phi) is 71.4. The van der Waals surface area contributed by atoms with E-state index in [1.165, 1.54) is 116 Å². The zero-order valence-electron chi connectivity index (χ0n) is 56.7. The Labute approximate surface area is 543 Å². The van der Waals surface area contributed by atoms with Crippen molar-refractivity contribution in [1.82, 2.24) is 0 Å². The van der Waals surface area contributed by atoms with Gasteiger partial charge in [-0.1, -0.05) is 337 Å². The molecule has 5 nitrogen and oxygen atoms in total. The predicted octanol–water partition coefficient (Wildman–Crippen LogP) is 25.5. The first kappa shape index (κ1) is 82.7. The topological polar surface area (TPSA) is 72.8 Å². The van der Waals surface area contributed by atoms with Gasteiger partial charge < -0.3 is 14.6 Å². The van der Waals surface area contributed by atoms with E-state index < -0.39 is 6.10 Å². The fourth-order valence-electron chi connectivity index (χ4n) is 9.59. The van der Waals surface area contributed by atoms with E-state index in [-0.39, 0.29) is 25.2 Å². The lowest BCUT2D eigenvalue weighted by atomic mass is 10.0. The summed E-state index contributed by atoms with van der Waals surface area (Å²) < 4.78 is 10.7. The maximum absolute atomic E-state index is 12.4. The fraction of sp³-hybridized carbons (Fsp3) is 0.590. The van der Waals surface area contributed by atoms with E-state index in [4.69, 9.17) is 9.47 Å². The van der Waals surface area contributed by atoms with Crippen LogP contribution in [0.4, 0.5) is 0 Å². The van der Waals surface area contributed by atoms with Crippen molar-refractivity contribution in [1.29, 1.82) is 0 Å². The molecule has 0 amide bonds. The molecule has 0 spiro atoms. The van der Waals surface area contributed by atoms with Gasteiger partial charge in [-0.05, 0) is 141 Å². The van der Waals surface area contributed by atoms with Gasteiger partial charge in [-0.15, -0.1) is 0 Å². The zero-order valence-corrected chi connectivity index (χ0v) is 56.7. The van der Waals surface area contributed by atoms with Crippen LogP contribution in [0.1, 0.15) is 296 Å². The molecule has 0 aliphatic heterocycles. The number of carbonyl (C=O) groups excluding carboxylic acids is 2. The molecule has 0 fully saturated rings. The number of rotatable bonds is 64. The van der Waals surface area contributed by atoms with E-state index >= 15 is 0 Å². The third-order valence-corrected chi connectivity index (χ3v) is 14.9. The van der Waals surface area contributed by atoms with Crippen molar-refractivity contribution in [2.75, 3.05) is 13.2 Å². The molecule has 1 atom stereocenters. The molecule has 5 heteroatoms. The minimum atomic E-state index is -0.800. The summed E-state index contributed by atoms with van der Waals surface area (Å²) >= 11 is 0. The van der Waals surface area contributed by atoms with E-state index in [2.05, 4.69) is 208 Å². The van der Waals surface area contributed by atoms with Crippen LogP contribution in [0.3, 0.4) is 0 Å². The average Bonchev–Trinajstić information content (AvgIpc) is 3.56. The number of carbonyl (C=O) groups is 2. The monoisotopic (exact) mass is 1210 g/mol. The molecule has 88 heavy (non-hydrogen) atoms. The molecular formula is C83H132O5. The minimum absolute atomic E-state index is 0.0853. The highest BCUT2D eigenvalue weighted by atomic mass is 16.6. The first-order valence-electron chi connectivity index (χ1n) is 36.0. The molecule has 1 N–H and O–H groups in total. The Morgan fingerprint density at radius 3 is 0.682 bits per heavy atom. The Balaban J connectivity index is 3.59. The first-order valence-corrected chi connectivity index (χ1v) is 36.0. The van der Waals surface area contributed by atoms with Gasteiger partial charge in [0.05, 0.1) is 6.61 Å². The van der Waals surface area contributed by atoms with Crippen LogP contribution in [-0.4, -0.2) is 36.4 Å². The average molecular weight is 1210 g/mol. The highest BCUT2D eigenvalue weighted by Gasteiger charge is 2.16. The van der Waals surface area contributed by atoms with Gasteiger partial charge in [-0.25, -0.2) is 0 Å². The Morgan fingerprint density at radius 2 is 0.455 bits per heavy atom. The highest BCUT2D eigenvalue weighted by molar-refractivity contribution is 5.70. The maximum Gasteiger partial charge on any atom is 0.306 e. The number of aliphatic hydroxyl groups excluding tert-OH is 1. The maximum atomic E-state index is 12.4. The number of unbranched alkanes of at least 4 members (excludes halogenated alkanes) is 24. The van der Waals surface area contributed by atoms with Gasteiger partial charge >= 0.3 is 11.9 Å². The Hall–Kier alpha value is -5.26. The van der Waals surface area contributed by atoms with Gasteiger partial charge in [-0.2, -0.15) is 0 Å². The number of aliphatic hydroxyl groups is 1. The third kappa shape index (κ3) is 73.2. The second-order valence-electron chi connectivity index (χ2n) is 23.2. The van der Waals surface area contributed by atoms with Crippen LogP contribution in [0, 0.1) is 0 Å². The molecule has 0 saturated carbocycles. The molecule has 0 radical (unpaired) electrons. The van der Waals surface area contributed by atoms with Crippen LogP contribution < -0.4 is 0 Å². The summed E-state index contributed by atoms with van der Waals surface area (Å²) in [6, 6.07) is 0. The van der Waals surface area contributed by atoms with Crippen molar-refractivity contribution in [2.45, 2.75) is 302 Å². The lowest BCUT2D eigenvalue weighted by Crippen LogP contribution is -2.28. The van der Waals surface area contributed by atoms with Crippen LogP contribution in [-0.2, 0) is 19.1 Å². The summed E-state index contributed by atoms with van der Waals surface area (Å²) in [5, 5.41) is 9.71. The van der Waals surface area contributed by atoms with Crippen molar-refractivity contribution in [2.24, 2.45) is 0 Å². The number of esters is 2. The molecule has 1 unspecified atom stereocenters. The van der Waals surface area contributed by atoms with Crippen LogP contribution in [0.5, 0.6) is 0 Å². The quantitative estimate of drug-likeness (QED) is 0.0373. The molecule has 0 aromatic carbocycles. The summed E-state index contributed by atoms with van der Waals surface area (Å²) in [6.07, 6.45) is 120. The van der Waals surface area contributed by atoms with E-state index in [1.807, 2.05) is 0 Å². The van der Waals surface area contributed by atoms with E-state index in [0.717, 1.165) is 154 Å². The van der Waals surface area contributed by atoms with E-state index in [0.29, 0.717) is 12.8 Å².